The molecule has 0 spiro atoms. The fourth-order valence-electron chi connectivity index (χ4n) is 2.28. The van der Waals surface area contributed by atoms with Crippen molar-refractivity contribution in [1.82, 2.24) is 0 Å². The number of nitrogens with two attached hydrogens (primary N) is 1. The second kappa shape index (κ2) is 5.74. The lowest BCUT2D eigenvalue weighted by Crippen LogP contribution is -2.21. The van der Waals surface area contributed by atoms with Crippen LogP contribution >= 0.6 is 0 Å². The predicted molar refractivity (Wildman–Crippen MR) is 67.2 cm³/mol. The van der Waals surface area contributed by atoms with E-state index in [-0.39, 0.29) is 6.04 Å². The van der Waals surface area contributed by atoms with Crippen LogP contribution in [0.25, 0.3) is 0 Å². The normalized spacial score (nSPS) is 14.0. The Labute approximate surface area is 106 Å². The second-order valence-electron chi connectivity index (χ2n) is 4.67. The third-order valence-electron chi connectivity index (χ3n) is 3.51. The van der Waals surface area contributed by atoms with Crippen LogP contribution in [0.15, 0.2) is 18.2 Å². The minimum atomic E-state index is -4.29. The monoisotopic (exact) mass is 259 g/mol. The Hall–Kier alpha value is -1.03. The Bertz CT molecular complexity index is 395. The molecule has 0 fully saturated rings. The minimum absolute atomic E-state index is 0.192. The lowest BCUT2D eigenvalue weighted by atomic mass is 9.87. The smallest absolute Gasteiger partial charge is 0.324 e. The van der Waals surface area contributed by atoms with Crippen LogP contribution < -0.4 is 5.73 Å². The van der Waals surface area contributed by atoms with E-state index < -0.39 is 11.7 Å². The molecule has 0 saturated carbocycles. The van der Waals surface area contributed by atoms with E-state index in [1.807, 2.05) is 13.8 Å². The maximum absolute atomic E-state index is 12.6. The maximum atomic E-state index is 12.6. The average Bonchev–Trinajstić information content (AvgIpc) is 2.29. The van der Waals surface area contributed by atoms with E-state index in [0.717, 1.165) is 24.5 Å². The van der Waals surface area contributed by atoms with Crippen LogP contribution in [-0.2, 0) is 6.18 Å². The zero-order valence-corrected chi connectivity index (χ0v) is 11.0. The predicted octanol–water partition coefficient (Wildman–Crippen LogP) is 4.45. The van der Waals surface area contributed by atoms with Gasteiger partial charge in [0.05, 0.1) is 5.56 Å². The first-order chi connectivity index (χ1) is 8.31. The summed E-state index contributed by atoms with van der Waals surface area (Å²) >= 11 is 0. The molecule has 102 valence electrons. The molecule has 0 amide bonds. The second-order valence-corrected chi connectivity index (χ2v) is 4.67. The van der Waals surface area contributed by atoms with Gasteiger partial charge in [-0.15, -0.1) is 0 Å². The molecule has 1 aromatic carbocycles. The zero-order valence-electron chi connectivity index (χ0n) is 11.0. The standard InChI is InChI=1S/C14H20F3N/c1-4-10(5-2)13(18)12-7-6-11(8-9(12)3)14(15,16)17/h6-8,10,13H,4-5,18H2,1-3H3. The molecule has 1 atom stereocenters. The van der Waals surface area contributed by atoms with Gasteiger partial charge in [0.2, 0.25) is 0 Å². The van der Waals surface area contributed by atoms with Gasteiger partial charge < -0.3 is 5.73 Å². The van der Waals surface area contributed by atoms with Crippen molar-refractivity contribution in [1.29, 1.82) is 0 Å². The Morgan fingerprint density at radius 1 is 1.17 bits per heavy atom. The molecule has 0 aliphatic carbocycles. The van der Waals surface area contributed by atoms with Crippen molar-refractivity contribution in [2.24, 2.45) is 11.7 Å². The van der Waals surface area contributed by atoms with E-state index in [1.54, 1.807) is 6.92 Å². The fraction of sp³-hybridized carbons (Fsp3) is 0.571. The highest BCUT2D eigenvalue weighted by atomic mass is 19.4. The van der Waals surface area contributed by atoms with Crippen LogP contribution in [-0.4, -0.2) is 0 Å². The fourth-order valence-corrected chi connectivity index (χ4v) is 2.28. The largest absolute Gasteiger partial charge is 0.416 e. The number of benzene rings is 1. The van der Waals surface area contributed by atoms with Crippen LogP contribution in [0, 0.1) is 12.8 Å². The van der Waals surface area contributed by atoms with Crippen molar-refractivity contribution in [2.45, 2.75) is 45.8 Å². The Morgan fingerprint density at radius 3 is 2.11 bits per heavy atom. The van der Waals surface area contributed by atoms with Crippen molar-refractivity contribution >= 4 is 0 Å². The number of rotatable bonds is 4. The first kappa shape index (κ1) is 15.0. The van der Waals surface area contributed by atoms with Crippen molar-refractivity contribution < 1.29 is 13.2 Å². The molecular formula is C14H20F3N. The molecule has 0 aliphatic rings. The first-order valence-electron chi connectivity index (χ1n) is 6.24. The van der Waals surface area contributed by atoms with E-state index in [4.69, 9.17) is 5.73 Å². The Kier molecular flexibility index (Phi) is 4.79. The van der Waals surface area contributed by atoms with Crippen LogP contribution in [0.1, 0.15) is 49.4 Å². The molecule has 1 aromatic rings. The lowest BCUT2D eigenvalue weighted by Gasteiger charge is -2.23. The van der Waals surface area contributed by atoms with E-state index in [1.165, 1.54) is 12.1 Å². The molecule has 0 bridgehead atoms. The molecule has 0 heterocycles. The average molecular weight is 259 g/mol. The molecule has 1 rings (SSSR count). The summed E-state index contributed by atoms with van der Waals surface area (Å²) in [5.41, 5.74) is 6.96. The first-order valence-corrected chi connectivity index (χ1v) is 6.24. The SMILES string of the molecule is CCC(CC)C(N)c1ccc(C(F)(F)F)cc1C. The minimum Gasteiger partial charge on any atom is -0.324 e. The van der Waals surface area contributed by atoms with Gasteiger partial charge in [-0.25, -0.2) is 0 Å². The summed E-state index contributed by atoms with van der Waals surface area (Å²) in [5.74, 6) is 0.306. The van der Waals surface area contributed by atoms with Gasteiger partial charge in [-0.2, -0.15) is 13.2 Å². The summed E-state index contributed by atoms with van der Waals surface area (Å²) in [6.07, 6.45) is -2.43. The summed E-state index contributed by atoms with van der Waals surface area (Å²) in [7, 11) is 0. The third-order valence-corrected chi connectivity index (χ3v) is 3.51. The molecule has 0 aromatic heterocycles. The topological polar surface area (TPSA) is 26.0 Å². The van der Waals surface area contributed by atoms with E-state index in [9.17, 15) is 13.2 Å². The Morgan fingerprint density at radius 2 is 1.72 bits per heavy atom. The molecule has 0 aliphatic heterocycles. The number of hydrogen-bond donors (Lipinski definition) is 1. The zero-order chi connectivity index (χ0) is 13.9. The van der Waals surface area contributed by atoms with E-state index in [2.05, 4.69) is 0 Å². The van der Waals surface area contributed by atoms with Crippen molar-refractivity contribution in [3.05, 3.63) is 34.9 Å². The highest BCUT2D eigenvalue weighted by Crippen LogP contribution is 2.33. The molecule has 4 heteroatoms. The van der Waals surface area contributed by atoms with Gasteiger partial charge in [0.15, 0.2) is 0 Å². The van der Waals surface area contributed by atoms with E-state index in [0.29, 0.717) is 11.5 Å². The third kappa shape index (κ3) is 3.25. The van der Waals surface area contributed by atoms with Gasteiger partial charge in [0.25, 0.3) is 0 Å². The number of alkyl halides is 3. The van der Waals surface area contributed by atoms with Gasteiger partial charge in [0, 0.05) is 6.04 Å². The quantitative estimate of drug-likeness (QED) is 0.849. The molecule has 18 heavy (non-hydrogen) atoms. The van der Waals surface area contributed by atoms with Gasteiger partial charge in [0.1, 0.15) is 0 Å². The van der Waals surface area contributed by atoms with Crippen molar-refractivity contribution in [3.8, 4) is 0 Å². The lowest BCUT2D eigenvalue weighted by molar-refractivity contribution is -0.137. The van der Waals surface area contributed by atoms with Crippen LogP contribution in [0.5, 0.6) is 0 Å². The number of halogens is 3. The van der Waals surface area contributed by atoms with E-state index >= 15 is 0 Å². The molecule has 0 radical (unpaired) electrons. The highest BCUT2D eigenvalue weighted by Gasteiger charge is 2.31. The van der Waals surface area contributed by atoms with Gasteiger partial charge in [-0.3, -0.25) is 0 Å². The molecule has 1 unspecified atom stereocenters. The summed E-state index contributed by atoms with van der Waals surface area (Å²) in [6, 6.07) is 3.62. The summed E-state index contributed by atoms with van der Waals surface area (Å²) in [5, 5.41) is 0. The van der Waals surface area contributed by atoms with Crippen molar-refractivity contribution in [2.75, 3.05) is 0 Å². The molecule has 2 N–H and O–H groups in total. The summed E-state index contributed by atoms with van der Waals surface area (Å²) in [6.45, 7) is 5.79. The number of hydrogen-bond acceptors (Lipinski definition) is 1. The molecule has 0 saturated heterocycles. The van der Waals surface area contributed by atoms with Gasteiger partial charge in [-0.1, -0.05) is 32.8 Å². The van der Waals surface area contributed by atoms with Crippen LogP contribution in [0.3, 0.4) is 0 Å². The highest BCUT2D eigenvalue weighted by molar-refractivity contribution is 5.34. The number of aryl methyl sites for hydroxylation is 1. The van der Waals surface area contributed by atoms with Crippen molar-refractivity contribution in [3.63, 3.8) is 0 Å². The Balaban J connectivity index is 3.06. The van der Waals surface area contributed by atoms with Crippen LogP contribution in [0.4, 0.5) is 13.2 Å². The van der Waals surface area contributed by atoms with Gasteiger partial charge >= 0.3 is 6.18 Å². The molecule has 1 nitrogen and oxygen atoms in total. The molecular weight excluding hydrogens is 239 g/mol. The van der Waals surface area contributed by atoms with Gasteiger partial charge in [-0.05, 0) is 36.1 Å². The van der Waals surface area contributed by atoms with Crippen LogP contribution in [0.2, 0.25) is 0 Å². The summed E-state index contributed by atoms with van der Waals surface area (Å²) < 4.78 is 37.7. The maximum Gasteiger partial charge on any atom is 0.416 e. The summed E-state index contributed by atoms with van der Waals surface area (Å²) in [4.78, 5) is 0.